The third-order valence-electron chi connectivity index (χ3n) is 5.22. The van der Waals surface area contributed by atoms with E-state index < -0.39 is 0 Å². The first-order valence-electron chi connectivity index (χ1n) is 9.85. The van der Waals surface area contributed by atoms with Crippen molar-refractivity contribution < 1.29 is 4.79 Å². The van der Waals surface area contributed by atoms with E-state index in [4.69, 9.17) is 11.6 Å². The third-order valence-corrected chi connectivity index (χ3v) is 5.46. The summed E-state index contributed by atoms with van der Waals surface area (Å²) in [6.07, 6.45) is 3.82. The van der Waals surface area contributed by atoms with Gasteiger partial charge in [0.05, 0.1) is 23.1 Å². The van der Waals surface area contributed by atoms with E-state index in [0.29, 0.717) is 16.5 Å². The average Bonchev–Trinajstić information content (AvgIpc) is 3.11. The van der Waals surface area contributed by atoms with Gasteiger partial charge in [0, 0.05) is 18.1 Å². The Morgan fingerprint density at radius 1 is 1.33 bits per heavy atom. The van der Waals surface area contributed by atoms with Gasteiger partial charge in [-0.05, 0) is 56.0 Å². The summed E-state index contributed by atoms with van der Waals surface area (Å²) in [4.78, 5) is 15.2. The van der Waals surface area contributed by atoms with Crippen molar-refractivity contribution in [1.29, 1.82) is 0 Å². The molecule has 146 valence electrons. The molecule has 1 fully saturated rings. The third kappa shape index (κ3) is 4.53. The van der Waals surface area contributed by atoms with Crippen LogP contribution in [0.5, 0.6) is 0 Å². The molecule has 0 aliphatic carbocycles. The summed E-state index contributed by atoms with van der Waals surface area (Å²) in [5, 5.41) is 8.60. The minimum atomic E-state index is 0.0916. The number of hydrogen-bond donors (Lipinski definition) is 1. The number of nitrogens with one attached hydrogen (secondary N) is 1. The number of benzene rings is 1. The number of piperidine rings is 1. The number of carbonyl (C=O) groups excluding carboxylic acids is 1. The molecule has 0 bridgehead atoms. The molecule has 0 radical (unpaired) electrons. The van der Waals surface area contributed by atoms with E-state index in [1.807, 2.05) is 33.8 Å². The van der Waals surface area contributed by atoms with Crippen LogP contribution in [0.1, 0.15) is 55.6 Å². The molecule has 1 amide bonds. The van der Waals surface area contributed by atoms with E-state index in [1.165, 1.54) is 0 Å². The molecular weight excluding hydrogens is 360 g/mol. The van der Waals surface area contributed by atoms with Crippen LogP contribution < -0.4 is 5.32 Å². The van der Waals surface area contributed by atoms with E-state index >= 15 is 0 Å². The van der Waals surface area contributed by atoms with Crippen LogP contribution in [0.2, 0.25) is 5.02 Å². The molecule has 1 N–H and O–H groups in total. The van der Waals surface area contributed by atoms with Crippen molar-refractivity contribution in [3.05, 3.63) is 46.7 Å². The quantitative estimate of drug-likeness (QED) is 0.810. The van der Waals surface area contributed by atoms with Crippen molar-refractivity contribution in [2.24, 2.45) is 5.92 Å². The highest BCUT2D eigenvalue weighted by Gasteiger charge is 2.28. The van der Waals surface area contributed by atoms with E-state index in [0.717, 1.165) is 50.4 Å². The molecule has 1 aromatic heterocycles. The lowest BCUT2D eigenvalue weighted by Crippen LogP contribution is -2.41. The monoisotopic (exact) mass is 388 g/mol. The summed E-state index contributed by atoms with van der Waals surface area (Å²) < 4.78 is 1.85. The van der Waals surface area contributed by atoms with Gasteiger partial charge in [-0.1, -0.05) is 38.4 Å². The Morgan fingerprint density at radius 2 is 2.07 bits per heavy atom. The first kappa shape index (κ1) is 19.9. The lowest BCUT2D eigenvalue weighted by Gasteiger charge is -2.32. The number of likely N-dealkylation sites (tertiary alicyclic amines) is 1. The van der Waals surface area contributed by atoms with Crippen LogP contribution in [0.25, 0.3) is 5.69 Å². The minimum absolute atomic E-state index is 0.0916. The standard InChI is InChI=1S/C21H29ClN4O/c1-4-23-13-16-8-10-25(11-9-16)21(27)19-14-24-26(20(19)15(2)3)18-7-5-6-17(22)12-18/h5-7,12,14-16,23H,4,8-11,13H2,1-3H3. The van der Waals surface area contributed by atoms with Gasteiger partial charge in [0.1, 0.15) is 0 Å². The zero-order chi connectivity index (χ0) is 19.4. The fraction of sp³-hybridized carbons (Fsp3) is 0.524. The molecule has 5 nitrogen and oxygen atoms in total. The highest BCUT2D eigenvalue weighted by atomic mass is 35.5. The van der Waals surface area contributed by atoms with Gasteiger partial charge in [0.2, 0.25) is 0 Å². The summed E-state index contributed by atoms with van der Waals surface area (Å²) in [6, 6.07) is 7.58. The molecule has 0 unspecified atom stereocenters. The molecule has 2 heterocycles. The first-order chi connectivity index (χ1) is 13.0. The maximum absolute atomic E-state index is 13.2. The Balaban J connectivity index is 1.80. The van der Waals surface area contributed by atoms with Gasteiger partial charge in [0.15, 0.2) is 0 Å². The van der Waals surface area contributed by atoms with Crippen molar-refractivity contribution >= 4 is 17.5 Å². The van der Waals surface area contributed by atoms with Crippen LogP contribution in [0.4, 0.5) is 0 Å². The van der Waals surface area contributed by atoms with Gasteiger partial charge in [-0.2, -0.15) is 5.10 Å². The van der Waals surface area contributed by atoms with Crippen LogP contribution in [0.15, 0.2) is 30.5 Å². The van der Waals surface area contributed by atoms with Crippen LogP contribution >= 0.6 is 11.6 Å². The maximum Gasteiger partial charge on any atom is 0.257 e. The number of carbonyl (C=O) groups is 1. The number of halogens is 1. The predicted octanol–water partition coefficient (Wildman–Crippen LogP) is 4.11. The van der Waals surface area contributed by atoms with Gasteiger partial charge >= 0.3 is 0 Å². The molecule has 1 aliphatic heterocycles. The second-order valence-electron chi connectivity index (χ2n) is 7.53. The zero-order valence-electron chi connectivity index (χ0n) is 16.4. The van der Waals surface area contributed by atoms with Crippen LogP contribution in [0, 0.1) is 5.92 Å². The Bertz CT molecular complexity index is 778. The number of aromatic nitrogens is 2. The Hall–Kier alpha value is -1.85. The van der Waals surface area contributed by atoms with Crippen molar-refractivity contribution in [3.63, 3.8) is 0 Å². The zero-order valence-corrected chi connectivity index (χ0v) is 17.2. The Labute approximate surface area is 166 Å². The maximum atomic E-state index is 13.2. The van der Waals surface area contributed by atoms with E-state index in [-0.39, 0.29) is 11.8 Å². The molecule has 0 saturated carbocycles. The Morgan fingerprint density at radius 3 is 2.70 bits per heavy atom. The number of nitrogens with zero attached hydrogens (tertiary/aromatic N) is 3. The molecule has 0 atom stereocenters. The number of amides is 1. The second kappa shape index (κ2) is 8.89. The van der Waals surface area contributed by atoms with Crippen LogP contribution in [0.3, 0.4) is 0 Å². The summed E-state index contributed by atoms with van der Waals surface area (Å²) in [7, 11) is 0. The van der Waals surface area contributed by atoms with Gasteiger partial charge < -0.3 is 10.2 Å². The van der Waals surface area contributed by atoms with Crippen molar-refractivity contribution in [1.82, 2.24) is 20.0 Å². The lowest BCUT2D eigenvalue weighted by atomic mass is 9.96. The lowest BCUT2D eigenvalue weighted by molar-refractivity contribution is 0.0688. The number of hydrogen-bond acceptors (Lipinski definition) is 3. The summed E-state index contributed by atoms with van der Waals surface area (Å²) >= 11 is 6.15. The summed E-state index contributed by atoms with van der Waals surface area (Å²) in [5.74, 6) is 0.929. The van der Waals surface area contributed by atoms with Gasteiger partial charge in [-0.3, -0.25) is 4.79 Å². The molecule has 0 spiro atoms. The second-order valence-corrected chi connectivity index (χ2v) is 7.97. The van der Waals surface area contributed by atoms with Gasteiger partial charge in [0.25, 0.3) is 5.91 Å². The molecule has 1 aliphatic rings. The minimum Gasteiger partial charge on any atom is -0.339 e. The van der Waals surface area contributed by atoms with Crippen molar-refractivity contribution in [2.75, 3.05) is 26.2 Å². The Kier molecular flexibility index (Phi) is 6.55. The normalized spacial score (nSPS) is 15.5. The van der Waals surface area contributed by atoms with E-state index in [2.05, 4.69) is 31.2 Å². The summed E-state index contributed by atoms with van der Waals surface area (Å²) in [5.41, 5.74) is 2.53. The molecule has 3 rings (SSSR count). The molecule has 6 heteroatoms. The largest absolute Gasteiger partial charge is 0.339 e. The van der Waals surface area contributed by atoms with Crippen molar-refractivity contribution in [2.45, 2.75) is 39.5 Å². The summed E-state index contributed by atoms with van der Waals surface area (Å²) in [6.45, 7) is 9.99. The highest BCUT2D eigenvalue weighted by Crippen LogP contribution is 2.27. The smallest absolute Gasteiger partial charge is 0.257 e. The van der Waals surface area contributed by atoms with Crippen LogP contribution in [-0.2, 0) is 0 Å². The molecule has 1 aromatic carbocycles. The van der Waals surface area contributed by atoms with Gasteiger partial charge in [-0.25, -0.2) is 4.68 Å². The fourth-order valence-electron chi connectivity index (χ4n) is 3.75. The number of rotatable bonds is 6. The highest BCUT2D eigenvalue weighted by molar-refractivity contribution is 6.30. The molecule has 2 aromatic rings. The molecule has 27 heavy (non-hydrogen) atoms. The molecule has 1 saturated heterocycles. The topological polar surface area (TPSA) is 50.2 Å². The van der Waals surface area contributed by atoms with Crippen molar-refractivity contribution in [3.8, 4) is 5.69 Å². The SMILES string of the molecule is CCNCC1CCN(C(=O)c2cnn(-c3cccc(Cl)c3)c2C(C)C)CC1. The average molecular weight is 389 g/mol. The first-order valence-corrected chi connectivity index (χ1v) is 10.2. The van der Waals surface area contributed by atoms with Crippen LogP contribution in [-0.4, -0.2) is 46.8 Å². The van der Waals surface area contributed by atoms with E-state index in [9.17, 15) is 4.79 Å². The molecular formula is C21H29ClN4O. The van der Waals surface area contributed by atoms with Gasteiger partial charge in [-0.15, -0.1) is 0 Å². The predicted molar refractivity (Wildman–Crippen MR) is 110 cm³/mol. The van der Waals surface area contributed by atoms with E-state index in [1.54, 1.807) is 6.20 Å². The fourth-order valence-corrected chi connectivity index (χ4v) is 3.94.